The first-order valence-electron chi connectivity index (χ1n) is 8.32. The summed E-state index contributed by atoms with van der Waals surface area (Å²) in [6.07, 6.45) is 3.65. The van der Waals surface area contributed by atoms with Gasteiger partial charge in [0.05, 0.1) is 0 Å². The van der Waals surface area contributed by atoms with Crippen molar-refractivity contribution in [1.29, 1.82) is 0 Å². The van der Waals surface area contributed by atoms with Gasteiger partial charge in [-0.05, 0) is 0 Å². The first-order valence-corrected chi connectivity index (χ1v) is 10.8. The van der Waals surface area contributed by atoms with Gasteiger partial charge in [-0.25, -0.2) is 0 Å². The number of rotatable bonds is 2. The summed E-state index contributed by atoms with van der Waals surface area (Å²) < 4.78 is 3.45. The van der Waals surface area contributed by atoms with Crippen LogP contribution in [0.15, 0.2) is 69.0 Å². The van der Waals surface area contributed by atoms with Gasteiger partial charge in [0.15, 0.2) is 0 Å². The molecule has 0 aromatic heterocycles. The molecular formula is C22H21Cl2Zr. The van der Waals surface area contributed by atoms with Crippen molar-refractivity contribution < 1.29 is 47.6 Å². The Morgan fingerprint density at radius 3 is 1.92 bits per heavy atom. The molecule has 0 unspecified atom stereocenters. The van der Waals surface area contributed by atoms with Gasteiger partial charge in [0.25, 0.3) is 0 Å². The second-order valence-corrected chi connectivity index (χ2v) is 11.3. The van der Waals surface area contributed by atoms with Crippen LogP contribution < -0.4 is 24.8 Å². The molecule has 0 saturated heterocycles. The quantitative estimate of drug-likeness (QED) is 0.594. The molecule has 0 bridgehead atoms. The molecule has 2 aliphatic rings. The Hall–Kier alpha value is -0.747. The average molecular weight is 448 g/mol. The van der Waals surface area contributed by atoms with Crippen LogP contribution in [0.3, 0.4) is 0 Å². The summed E-state index contributed by atoms with van der Waals surface area (Å²) in [6.45, 7) is 6.96. The van der Waals surface area contributed by atoms with E-state index in [4.69, 9.17) is 0 Å². The normalized spacial score (nSPS) is 14.8. The smallest absolute Gasteiger partial charge is 1.00 e. The van der Waals surface area contributed by atoms with Crippen molar-refractivity contribution in [2.24, 2.45) is 0 Å². The van der Waals surface area contributed by atoms with E-state index in [1.807, 2.05) is 0 Å². The Balaban J connectivity index is 0.00000113. The molecule has 0 amide bonds. The zero-order valence-corrected chi connectivity index (χ0v) is 18.7. The molecule has 0 aliphatic heterocycles. The molecule has 4 rings (SSSR count). The van der Waals surface area contributed by atoms with E-state index in [0.717, 1.165) is 0 Å². The third-order valence-electron chi connectivity index (χ3n) is 4.89. The Kier molecular flexibility index (Phi) is 6.82. The van der Waals surface area contributed by atoms with E-state index in [1.54, 1.807) is 12.1 Å². The molecule has 0 atom stereocenters. The summed E-state index contributed by atoms with van der Waals surface area (Å²) in [7, 11) is 0. The number of fused-ring (bicyclic) bond motifs is 3. The van der Waals surface area contributed by atoms with E-state index < -0.39 is 22.8 Å². The number of benzene rings is 2. The molecule has 0 fully saturated rings. The monoisotopic (exact) mass is 445 g/mol. The van der Waals surface area contributed by atoms with E-state index in [2.05, 4.69) is 75.4 Å². The van der Waals surface area contributed by atoms with Crippen molar-refractivity contribution in [3.63, 3.8) is 0 Å². The third kappa shape index (κ3) is 3.57. The van der Waals surface area contributed by atoms with Crippen molar-refractivity contribution in [3.8, 4) is 11.1 Å². The molecular weight excluding hydrogens is 426 g/mol. The van der Waals surface area contributed by atoms with Crippen molar-refractivity contribution in [2.45, 2.75) is 33.1 Å². The molecule has 0 nitrogen and oxygen atoms in total. The Morgan fingerprint density at radius 1 is 0.880 bits per heavy atom. The SMILES string of the molecule is CC1=CC[C]([Zr+2]=[C](C)C)=C1C1c2ccccc2-c2ccccc21.[Cl-].[Cl-]. The van der Waals surface area contributed by atoms with Crippen LogP contribution in [0.1, 0.15) is 44.2 Å². The molecule has 2 aliphatic carbocycles. The predicted molar refractivity (Wildman–Crippen MR) is 95.5 cm³/mol. The van der Waals surface area contributed by atoms with E-state index in [0.29, 0.717) is 5.92 Å². The minimum Gasteiger partial charge on any atom is -1.00 e. The summed E-state index contributed by atoms with van der Waals surface area (Å²) in [5, 5.41) is 0. The average Bonchev–Trinajstić information content (AvgIpc) is 3.05. The topological polar surface area (TPSA) is 0 Å². The number of hydrogen-bond donors (Lipinski definition) is 0. The van der Waals surface area contributed by atoms with Gasteiger partial charge >= 0.3 is 150 Å². The Bertz CT molecular complexity index is 841. The van der Waals surface area contributed by atoms with Crippen LogP contribution >= 0.6 is 0 Å². The fourth-order valence-electron chi connectivity index (χ4n) is 4.00. The van der Waals surface area contributed by atoms with E-state index in [1.165, 1.54) is 34.2 Å². The Labute approximate surface area is 174 Å². The largest absolute Gasteiger partial charge is 1.00 e. The maximum atomic E-state index is 2.46. The van der Waals surface area contributed by atoms with Crippen LogP contribution in [0, 0.1) is 0 Å². The van der Waals surface area contributed by atoms with Crippen LogP contribution in [0.2, 0.25) is 0 Å². The van der Waals surface area contributed by atoms with Gasteiger partial charge in [0, 0.05) is 0 Å². The molecule has 0 saturated carbocycles. The summed E-state index contributed by atoms with van der Waals surface area (Å²) in [4.78, 5) is 0. The van der Waals surface area contributed by atoms with Gasteiger partial charge in [-0.2, -0.15) is 0 Å². The van der Waals surface area contributed by atoms with Crippen LogP contribution in [-0.2, 0) is 22.8 Å². The maximum Gasteiger partial charge on any atom is -1.00 e. The van der Waals surface area contributed by atoms with E-state index in [9.17, 15) is 0 Å². The van der Waals surface area contributed by atoms with Crippen LogP contribution in [0.25, 0.3) is 11.1 Å². The number of allylic oxidation sites excluding steroid dienone is 4. The minimum atomic E-state index is -0.555. The van der Waals surface area contributed by atoms with Crippen LogP contribution in [0.4, 0.5) is 0 Å². The fourth-order valence-corrected chi connectivity index (χ4v) is 7.16. The maximum absolute atomic E-state index is 2.46. The molecule has 127 valence electrons. The summed E-state index contributed by atoms with van der Waals surface area (Å²) in [5.74, 6) is 0.455. The van der Waals surface area contributed by atoms with Crippen molar-refractivity contribution in [2.75, 3.05) is 0 Å². The summed E-state index contributed by atoms with van der Waals surface area (Å²) in [5.41, 5.74) is 9.03. The predicted octanol–water partition coefficient (Wildman–Crippen LogP) is -0.294. The standard InChI is InChI=1S/C19H15.C3H6.2ClH.Zr/c1-13-7-6-12-14(13)19-17-10-4-2-8-15(17)16-9-3-5-11-18(16)19;1-3-2;;;/h2-5,7-11,19H,6H2,1H3;1-2H3;2*1H;/q;;;;+2/p-2. The second kappa shape index (κ2) is 8.30. The van der Waals surface area contributed by atoms with Crippen molar-refractivity contribution in [1.82, 2.24) is 0 Å². The molecule has 0 heterocycles. The fraction of sp³-hybridized carbons (Fsp3) is 0.227. The zero-order valence-electron chi connectivity index (χ0n) is 14.7. The molecule has 2 aromatic rings. The van der Waals surface area contributed by atoms with Gasteiger partial charge in [-0.3, -0.25) is 0 Å². The zero-order chi connectivity index (χ0) is 16.0. The van der Waals surface area contributed by atoms with Gasteiger partial charge < -0.3 is 24.8 Å². The molecule has 3 heteroatoms. The number of halogens is 2. The molecule has 0 radical (unpaired) electrons. The molecule has 0 N–H and O–H groups in total. The molecule has 0 spiro atoms. The van der Waals surface area contributed by atoms with E-state index in [-0.39, 0.29) is 24.8 Å². The van der Waals surface area contributed by atoms with Crippen molar-refractivity contribution in [3.05, 3.63) is 80.2 Å². The van der Waals surface area contributed by atoms with Gasteiger partial charge in [0.1, 0.15) is 0 Å². The van der Waals surface area contributed by atoms with Gasteiger partial charge in [0.2, 0.25) is 0 Å². The van der Waals surface area contributed by atoms with Crippen molar-refractivity contribution >= 4 is 3.21 Å². The second-order valence-electron chi connectivity index (χ2n) is 6.72. The van der Waals surface area contributed by atoms with Gasteiger partial charge in [-0.1, -0.05) is 0 Å². The summed E-state index contributed by atoms with van der Waals surface area (Å²) >= 11 is -0.555. The van der Waals surface area contributed by atoms with Crippen LogP contribution in [-0.4, -0.2) is 3.21 Å². The summed E-state index contributed by atoms with van der Waals surface area (Å²) in [6, 6.07) is 18.0. The van der Waals surface area contributed by atoms with Gasteiger partial charge in [-0.15, -0.1) is 0 Å². The first-order chi connectivity index (χ1) is 11.2. The molecule has 2 aromatic carbocycles. The number of hydrogen-bond acceptors (Lipinski definition) is 0. The Morgan fingerprint density at radius 2 is 1.40 bits per heavy atom. The van der Waals surface area contributed by atoms with Crippen LogP contribution in [0.5, 0.6) is 0 Å². The molecule has 25 heavy (non-hydrogen) atoms. The first kappa shape index (κ1) is 20.6. The van der Waals surface area contributed by atoms with E-state index >= 15 is 0 Å². The minimum absolute atomic E-state index is 0. The third-order valence-corrected chi connectivity index (χ3v) is 8.02.